The van der Waals surface area contributed by atoms with E-state index in [9.17, 15) is 0 Å². The minimum atomic E-state index is 0.863. The molecule has 3 heterocycles. The molecule has 3 aromatic heterocycles. The Morgan fingerprint density at radius 3 is 3.17 bits per heavy atom. The minimum absolute atomic E-state index is 0.863. The van der Waals surface area contributed by atoms with Gasteiger partial charge in [-0.1, -0.05) is 6.07 Å². The molecule has 0 saturated heterocycles. The van der Waals surface area contributed by atoms with Crippen LogP contribution in [0.3, 0.4) is 0 Å². The van der Waals surface area contributed by atoms with Crippen LogP contribution in [0.15, 0.2) is 36.1 Å². The first-order valence-electron chi connectivity index (χ1n) is 5.80. The van der Waals surface area contributed by atoms with Gasteiger partial charge in [0.2, 0.25) is 0 Å². The van der Waals surface area contributed by atoms with Crippen LogP contribution in [0.25, 0.3) is 5.65 Å². The van der Waals surface area contributed by atoms with Crippen LogP contribution < -0.4 is 5.32 Å². The van der Waals surface area contributed by atoms with Crippen LogP contribution in [0.4, 0.5) is 0 Å². The average Bonchev–Trinajstić information content (AvgIpc) is 3.04. The van der Waals surface area contributed by atoms with Gasteiger partial charge in [0.1, 0.15) is 5.82 Å². The van der Waals surface area contributed by atoms with Crippen molar-refractivity contribution in [1.82, 2.24) is 24.9 Å². The third kappa shape index (κ3) is 2.39. The van der Waals surface area contributed by atoms with Gasteiger partial charge in [-0.2, -0.15) is 0 Å². The highest BCUT2D eigenvalue weighted by molar-refractivity contribution is 7.09. The van der Waals surface area contributed by atoms with Gasteiger partial charge in [0, 0.05) is 36.8 Å². The summed E-state index contributed by atoms with van der Waals surface area (Å²) in [6.07, 6.45) is 4.75. The number of nitrogens with zero attached hydrogens (tertiary/aromatic N) is 4. The van der Waals surface area contributed by atoms with E-state index in [-0.39, 0.29) is 0 Å². The summed E-state index contributed by atoms with van der Waals surface area (Å²) in [7, 11) is 0. The summed E-state index contributed by atoms with van der Waals surface area (Å²) in [5, 5.41) is 11.7. The van der Waals surface area contributed by atoms with E-state index in [1.165, 1.54) is 4.88 Å². The van der Waals surface area contributed by atoms with Crippen LogP contribution in [0.5, 0.6) is 0 Å². The summed E-state index contributed by atoms with van der Waals surface area (Å²) in [6.45, 7) is 1.75. The van der Waals surface area contributed by atoms with Gasteiger partial charge in [0.05, 0.1) is 5.51 Å². The Morgan fingerprint density at radius 2 is 2.28 bits per heavy atom. The molecule has 0 radical (unpaired) electrons. The first-order chi connectivity index (χ1) is 8.93. The van der Waals surface area contributed by atoms with E-state index >= 15 is 0 Å². The first kappa shape index (κ1) is 11.3. The number of aromatic nitrogens is 4. The number of pyridine rings is 1. The van der Waals surface area contributed by atoms with E-state index in [4.69, 9.17) is 0 Å². The van der Waals surface area contributed by atoms with Crippen molar-refractivity contribution in [2.75, 3.05) is 6.54 Å². The maximum absolute atomic E-state index is 4.19. The summed E-state index contributed by atoms with van der Waals surface area (Å²) in [5.74, 6) is 0.988. The van der Waals surface area contributed by atoms with E-state index in [1.54, 1.807) is 11.3 Å². The van der Waals surface area contributed by atoms with Crippen molar-refractivity contribution >= 4 is 17.0 Å². The number of fused-ring (bicyclic) bond motifs is 1. The second-order valence-corrected chi connectivity index (χ2v) is 4.91. The van der Waals surface area contributed by atoms with E-state index in [2.05, 4.69) is 20.5 Å². The molecule has 0 atom stereocenters. The lowest BCUT2D eigenvalue weighted by molar-refractivity contribution is 0.671. The largest absolute Gasteiger partial charge is 0.311 e. The molecule has 0 spiro atoms. The van der Waals surface area contributed by atoms with Crippen molar-refractivity contribution in [2.45, 2.75) is 13.0 Å². The van der Waals surface area contributed by atoms with Crippen LogP contribution in [0.2, 0.25) is 0 Å². The van der Waals surface area contributed by atoms with Gasteiger partial charge in [-0.25, -0.2) is 0 Å². The lowest BCUT2D eigenvalue weighted by Crippen LogP contribution is -2.17. The second kappa shape index (κ2) is 5.24. The molecule has 3 aromatic rings. The molecule has 0 amide bonds. The summed E-state index contributed by atoms with van der Waals surface area (Å²) in [5.41, 5.74) is 2.75. The molecule has 1 N–H and O–H groups in total. The van der Waals surface area contributed by atoms with Gasteiger partial charge in [-0.05, 0) is 12.1 Å². The van der Waals surface area contributed by atoms with E-state index < -0.39 is 0 Å². The third-order valence-electron chi connectivity index (χ3n) is 2.69. The molecule has 92 valence electrons. The van der Waals surface area contributed by atoms with Crippen molar-refractivity contribution in [1.29, 1.82) is 0 Å². The number of hydrogen-bond donors (Lipinski definition) is 1. The van der Waals surface area contributed by atoms with Crippen LogP contribution in [0.1, 0.15) is 10.7 Å². The van der Waals surface area contributed by atoms with Crippen molar-refractivity contribution in [2.24, 2.45) is 0 Å². The number of rotatable bonds is 5. The molecule has 0 aliphatic heterocycles. The minimum Gasteiger partial charge on any atom is -0.311 e. The molecule has 0 fully saturated rings. The Hall–Kier alpha value is -1.79. The Bertz CT molecular complexity index is 616. The maximum atomic E-state index is 4.19. The van der Waals surface area contributed by atoms with Crippen LogP contribution in [-0.2, 0) is 13.0 Å². The highest BCUT2D eigenvalue weighted by Crippen LogP contribution is 2.05. The lowest BCUT2D eigenvalue weighted by atomic mass is 10.4. The van der Waals surface area contributed by atoms with E-state index in [0.717, 1.165) is 31.0 Å². The zero-order valence-corrected chi connectivity index (χ0v) is 10.6. The van der Waals surface area contributed by atoms with Gasteiger partial charge >= 0.3 is 0 Å². The molecule has 6 heteroatoms. The molecule has 5 nitrogen and oxygen atoms in total. The molecule has 3 rings (SSSR count). The Kier molecular flexibility index (Phi) is 3.29. The zero-order valence-electron chi connectivity index (χ0n) is 9.78. The lowest BCUT2D eigenvalue weighted by Gasteiger charge is -2.01. The van der Waals surface area contributed by atoms with Crippen LogP contribution >= 0.6 is 11.3 Å². The van der Waals surface area contributed by atoms with Gasteiger partial charge < -0.3 is 5.32 Å². The highest BCUT2D eigenvalue weighted by Gasteiger charge is 2.03. The quantitative estimate of drug-likeness (QED) is 0.706. The third-order valence-corrected chi connectivity index (χ3v) is 3.47. The van der Waals surface area contributed by atoms with Crippen molar-refractivity contribution in [3.63, 3.8) is 0 Å². The average molecular weight is 259 g/mol. The summed E-state index contributed by atoms with van der Waals surface area (Å²) < 4.78 is 2.02. The zero-order chi connectivity index (χ0) is 12.2. The smallest absolute Gasteiger partial charge is 0.160 e. The number of nitrogens with one attached hydrogen (secondary N) is 1. The van der Waals surface area contributed by atoms with Crippen molar-refractivity contribution in [3.05, 3.63) is 46.8 Å². The normalized spacial score (nSPS) is 11.1. The van der Waals surface area contributed by atoms with Crippen molar-refractivity contribution < 1.29 is 0 Å². The molecule has 0 bridgehead atoms. The van der Waals surface area contributed by atoms with E-state index in [1.807, 2.05) is 40.5 Å². The molecule has 0 unspecified atom stereocenters. The molecule has 0 aromatic carbocycles. The van der Waals surface area contributed by atoms with Gasteiger partial charge in [-0.3, -0.25) is 9.38 Å². The predicted octanol–water partition coefficient (Wildman–Crippen LogP) is 1.52. The molecule has 0 aliphatic carbocycles. The van der Waals surface area contributed by atoms with Gasteiger partial charge in [0.15, 0.2) is 5.65 Å². The Morgan fingerprint density at radius 1 is 1.28 bits per heavy atom. The second-order valence-electron chi connectivity index (χ2n) is 3.94. The highest BCUT2D eigenvalue weighted by atomic mass is 32.1. The Balaban J connectivity index is 1.57. The van der Waals surface area contributed by atoms with Crippen LogP contribution in [-0.4, -0.2) is 26.1 Å². The first-order valence-corrected chi connectivity index (χ1v) is 6.68. The standard InChI is InChI=1S/C12H13N5S/c1-2-6-17-11(3-1)15-16-12(17)4-5-13-7-10-8-14-9-18-10/h1-3,6,8-9,13H,4-5,7H2. The maximum Gasteiger partial charge on any atom is 0.160 e. The summed E-state index contributed by atoms with van der Waals surface area (Å²) in [4.78, 5) is 5.29. The molecule has 0 aliphatic rings. The summed E-state index contributed by atoms with van der Waals surface area (Å²) in [6, 6.07) is 5.92. The fourth-order valence-electron chi connectivity index (χ4n) is 1.80. The molecular weight excluding hydrogens is 246 g/mol. The summed E-state index contributed by atoms with van der Waals surface area (Å²) >= 11 is 1.67. The molecular formula is C12H13N5S. The van der Waals surface area contributed by atoms with E-state index in [0.29, 0.717) is 0 Å². The Labute approximate surface area is 109 Å². The fourth-order valence-corrected chi connectivity index (χ4v) is 2.37. The number of hydrogen-bond acceptors (Lipinski definition) is 5. The fraction of sp³-hybridized carbons (Fsp3) is 0.250. The van der Waals surface area contributed by atoms with Gasteiger partial charge in [0.25, 0.3) is 0 Å². The monoisotopic (exact) mass is 259 g/mol. The SMILES string of the molecule is c1ccn2c(CCNCc3cncs3)nnc2c1. The number of thiazole rings is 1. The van der Waals surface area contributed by atoms with Crippen LogP contribution in [0, 0.1) is 0 Å². The molecule has 18 heavy (non-hydrogen) atoms. The van der Waals surface area contributed by atoms with Gasteiger partial charge in [-0.15, -0.1) is 21.5 Å². The predicted molar refractivity (Wildman–Crippen MR) is 70.5 cm³/mol. The van der Waals surface area contributed by atoms with Crippen molar-refractivity contribution in [3.8, 4) is 0 Å². The topological polar surface area (TPSA) is 55.1 Å². The molecule has 0 saturated carbocycles.